The van der Waals surface area contributed by atoms with E-state index in [2.05, 4.69) is 26.3 Å². The summed E-state index contributed by atoms with van der Waals surface area (Å²) < 4.78 is 0. The number of anilines is 1. The molecule has 0 fully saturated rings. The minimum atomic E-state index is 0.185. The number of hydrogen-bond donors (Lipinski definition) is 1. The maximum atomic E-state index is 5.90. The van der Waals surface area contributed by atoms with E-state index in [1.54, 1.807) is 23.6 Å². The van der Waals surface area contributed by atoms with Gasteiger partial charge in [-0.25, -0.2) is 15.0 Å². The predicted octanol–water partition coefficient (Wildman–Crippen LogP) is 4.01. The zero-order valence-corrected chi connectivity index (χ0v) is 11.9. The summed E-state index contributed by atoms with van der Waals surface area (Å²) in [4.78, 5) is 13.5. The molecule has 1 N–H and O–H groups in total. The van der Waals surface area contributed by atoms with Crippen molar-refractivity contribution in [3.63, 3.8) is 0 Å². The summed E-state index contributed by atoms with van der Waals surface area (Å²) in [6, 6.07) is 5.79. The second kappa shape index (κ2) is 5.28. The smallest absolute Gasteiger partial charge is 0.224 e. The summed E-state index contributed by atoms with van der Waals surface area (Å²) >= 11 is 13.5. The number of rotatable bonds is 3. The molecule has 3 rings (SSSR count). The molecule has 19 heavy (non-hydrogen) atoms. The maximum Gasteiger partial charge on any atom is 0.224 e. The van der Waals surface area contributed by atoms with Gasteiger partial charge in [-0.1, -0.05) is 17.7 Å². The highest BCUT2D eigenvalue weighted by atomic mass is 35.5. The van der Waals surface area contributed by atoms with Crippen molar-refractivity contribution in [3.05, 3.63) is 45.1 Å². The van der Waals surface area contributed by atoms with Gasteiger partial charge in [-0.05, 0) is 29.1 Å². The normalized spacial score (nSPS) is 10.8. The molecule has 0 unspecified atom stereocenters. The van der Waals surface area contributed by atoms with Crippen LogP contribution in [0.5, 0.6) is 0 Å². The van der Waals surface area contributed by atoms with E-state index in [-0.39, 0.29) is 5.28 Å². The fourth-order valence-electron chi connectivity index (χ4n) is 1.70. The molecule has 3 aromatic rings. The average molecular weight is 311 g/mol. The van der Waals surface area contributed by atoms with Gasteiger partial charge in [0.1, 0.15) is 11.0 Å². The molecule has 0 aliphatic heterocycles. The van der Waals surface area contributed by atoms with Gasteiger partial charge in [-0.3, -0.25) is 0 Å². The van der Waals surface area contributed by atoms with Crippen molar-refractivity contribution in [2.45, 2.75) is 6.54 Å². The third-order valence-electron chi connectivity index (χ3n) is 2.53. The monoisotopic (exact) mass is 310 g/mol. The molecule has 0 aliphatic carbocycles. The lowest BCUT2D eigenvalue weighted by Gasteiger charge is -2.08. The molecule has 0 amide bonds. The van der Waals surface area contributed by atoms with E-state index in [1.807, 2.05) is 11.4 Å². The van der Waals surface area contributed by atoms with Gasteiger partial charge in [0.25, 0.3) is 0 Å². The van der Waals surface area contributed by atoms with E-state index >= 15 is 0 Å². The minimum absolute atomic E-state index is 0.185. The highest BCUT2D eigenvalue weighted by Gasteiger charge is 2.08. The van der Waals surface area contributed by atoms with E-state index < -0.39 is 0 Å². The number of nitrogens with zero attached hydrogens (tertiary/aromatic N) is 3. The Morgan fingerprint density at radius 2 is 2.16 bits per heavy atom. The van der Waals surface area contributed by atoms with Crippen LogP contribution >= 0.6 is 34.5 Å². The quantitative estimate of drug-likeness (QED) is 0.586. The SMILES string of the molecule is Clc1cc2c(NCc3cccs3)nc(Cl)nc2cn1. The number of aromatic nitrogens is 3. The van der Waals surface area contributed by atoms with Crippen molar-refractivity contribution in [2.75, 3.05) is 5.32 Å². The van der Waals surface area contributed by atoms with Crippen LogP contribution in [0.1, 0.15) is 4.88 Å². The molecule has 4 nitrogen and oxygen atoms in total. The zero-order chi connectivity index (χ0) is 13.2. The molecule has 0 aromatic carbocycles. The molecule has 0 spiro atoms. The summed E-state index contributed by atoms with van der Waals surface area (Å²) in [6.45, 7) is 0.681. The van der Waals surface area contributed by atoms with Crippen molar-refractivity contribution in [2.24, 2.45) is 0 Å². The lowest BCUT2D eigenvalue weighted by Crippen LogP contribution is -2.02. The molecule has 3 aromatic heterocycles. The minimum Gasteiger partial charge on any atom is -0.365 e. The van der Waals surface area contributed by atoms with E-state index in [9.17, 15) is 0 Å². The van der Waals surface area contributed by atoms with Gasteiger partial charge in [0.15, 0.2) is 0 Å². The largest absolute Gasteiger partial charge is 0.365 e. The maximum absolute atomic E-state index is 5.90. The fraction of sp³-hybridized carbons (Fsp3) is 0.0833. The number of halogens is 2. The van der Waals surface area contributed by atoms with Gasteiger partial charge in [-0.15, -0.1) is 11.3 Å². The van der Waals surface area contributed by atoms with E-state index in [4.69, 9.17) is 23.2 Å². The molecule has 0 aliphatic rings. The van der Waals surface area contributed by atoms with Crippen LogP contribution in [0.2, 0.25) is 10.4 Å². The summed E-state index contributed by atoms with van der Waals surface area (Å²) in [6.07, 6.45) is 1.58. The second-order valence-electron chi connectivity index (χ2n) is 3.80. The number of fused-ring (bicyclic) bond motifs is 1. The molecular weight excluding hydrogens is 303 g/mol. The van der Waals surface area contributed by atoms with Crippen LogP contribution in [0.4, 0.5) is 5.82 Å². The van der Waals surface area contributed by atoms with Gasteiger partial charge < -0.3 is 5.32 Å². The molecular formula is C12H8Cl2N4S. The molecule has 96 valence electrons. The Hall–Kier alpha value is -1.43. The summed E-state index contributed by atoms with van der Waals surface area (Å²) in [7, 11) is 0. The van der Waals surface area contributed by atoms with Gasteiger partial charge >= 0.3 is 0 Å². The Bertz CT molecular complexity index is 715. The van der Waals surface area contributed by atoms with Crippen LogP contribution in [0.25, 0.3) is 10.9 Å². The third kappa shape index (κ3) is 2.78. The highest BCUT2D eigenvalue weighted by molar-refractivity contribution is 7.09. The van der Waals surface area contributed by atoms with Crippen molar-refractivity contribution < 1.29 is 0 Å². The molecule has 3 heterocycles. The van der Waals surface area contributed by atoms with Crippen LogP contribution in [0, 0.1) is 0 Å². The van der Waals surface area contributed by atoms with Crippen molar-refractivity contribution in [1.82, 2.24) is 15.0 Å². The van der Waals surface area contributed by atoms with E-state index in [1.165, 1.54) is 4.88 Å². The molecule has 0 atom stereocenters. The number of thiophene rings is 1. The first kappa shape index (κ1) is 12.6. The van der Waals surface area contributed by atoms with Crippen LogP contribution < -0.4 is 5.32 Å². The molecule has 0 radical (unpaired) electrons. The molecule has 0 bridgehead atoms. The van der Waals surface area contributed by atoms with Gasteiger partial charge in [0.05, 0.1) is 18.3 Å². The molecule has 7 heteroatoms. The lowest BCUT2D eigenvalue weighted by molar-refractivity contribution is 1.12. The van der Waals surface area contributed by atoms with Gasteiger partial charge in [0, 0.05) is 10.3 Å². The average Bonchev–Trinajstić information content (AvgIpc) is 2.89. The fourth-order valence-corrected chi connectivity index (χ4v) is 2.68. The summed E-state index contributed by atoms with van der Waals surface area (Å²) in [5.41, 5.74) is 0.665. The molecule has 0 saturated heterocycles. The second-order valence-corrected chi connectivity index (χ2v) is 5.56. The Morgan fingerprint density at radius 3 is 2.95 bits per heavy atom. The Labute approximate surface area is 123 Å². The van der Waals surface area contributed by atoms with Crippen LogP contribution in [0.15, 0.2) is 29.8 Å². The topological polar surface area (TPSA) is 50.7 Å². The Morgan fingerprint density at radius 1 is 1.26 bits per heavy atom. The van der Waals surface area contributed by atoms with Gasteiger partial charge in [0.2, 0.25) is 5.28 Å². The van der Waals surface area contributed by atoms with E-state index in [0.29, 0.717) is 23.0 Å². The zero-order valence-electron chi connectivity index (χ0n) is 9.60. The van der Waals surface area contributed by atoms with E-state index in [0.717, 1.165) is 5.39 Å². The number of pyridine rings is 1. The number of hydrogen-bond acceptors (Lipinski definition) is 5. The van der Waals surface area contributed by atoms with Crippen molar-refractivity contribution >= 4 is 51.3 Å². The van der Waals surface area contributed by atoms with Gasteiger partial charge in [-0.2, -0.15) is 0 Å². The summed E-state index contributed by atoms with van der Waals surface area (Å²) in [5.74, 6) is 0.660. The van der Waals surface area contributed by atoms with Crippen LogP contribution in [-0.2, 0) is 6.54 Å². The number of nitrogens with one attached hydrogen (secondary N) is 1. The third-order valence-corrected chi connectivity index (χ3v) is 3.78. The first-order chi connectivity index (χ1) is 9.22. The lowest BCUT2D eigenvalue weighted by atomic mass is 10.3. The highest BCUT2D eigenvalue weighted by Crippen LogP contribution is 2.24. The van der Waals surface area contributed by atoms with Crippen molar-refractivity contribution in [1.29, 1.82) is 0 Å². The van der Waals surface area contributed by atoms with Crippen LogP contribution in [-0.4, -0.2) is 15.0 Å². The summed E-state index contributed by atoms with van der Waals surface area (Å²) in [5, 5.41) is 6.67. The van der Waals surface area contributed by atoms with Crippen molar-refractivity contribution in [3.8, 4) is 0 Å². The Kier molecular flexibility index (Phi) is 3.50. The standard InChI is InChI=1S/C12H8Cl2N4S/c13-10-4-8-9(6-15-10)17-12(14)18-11(8)16-5-7-2-1-3-19-7/h1-4,6H,5H2,(H,16,17,18). The Balaban J connectivity index is 1.99. The molecule has 0 saturated carbocycles. The first-order valence-corrected chi connectivity index (χ1v) is 7.11. The van der Waals surface area contributed by atoms with Crippen LogP contribution in [0.3, 0.4) is 0 Å². The predicted molar refractivity (Wildman–Crippen MR) is 79.0 cm³/mol. The first-order valence-electron chi connectivity index (χ1n) is 5.47.